The van der Waals surface area contributed by atoms with Crippen LogP contribution in [0.4, 0.5) is 4.39 Å². The molecule has 1 aromatic rings. The van der Waals surface area contributed by atoms with Crippen LogP contribution in [0.3, 0.4) is 0 Å². The van der Waals surface area contributed by atoms with E-state index in [4.69, 9.17) is 22.1 Å². The van der Waals surface area contributed by atoms with Crippen molar-refractivity contribution in [2.24, 2.45) is 11.7 Å². The van der Waals surface area contributed by atoms with E-state index in [-0.39, 0.29) is 12.5 Å². The van der Waals surface area contributed by atoms with Crippen LogP contribution < -0.4 is 10.5 Å². The van der Waals surface area contributed by atoms with Gasteiger partial charge in [0, 0.05) is 6.54 Å². The van der Waals surface area contributed by atoms with Gasteiger partial charge in [0.2, 0.25) is 0 Å². The number of halogens is 2. The van der Waals surface area contributed by atoms with Crippen molar-refractivity contribution in [1.29, 1.82) is 0 Å². The maximum Gasteiger partial charge on any atom is 0.151 e. The molecule has 16 heavy (non-hydrogen) atoms. The predicted octanol–water partition coefficient (Wildman–Crippen LogP) is 2.88. The molecule has 1 aromatic carbocycles. The van der Waals surface area contributed by atoms with Crippen LogP contribution in [0.2, 0.25) is 5.02 Å². The molecule has 1 unspecified atom stereocenters. The summed E-state index contributed by atoms with van der Waals surface area (Å²) >= 11 is 5.91. The Bertz CT molecular complexity index is 395. The number of rotatable bonds is 4. The molecule has 1 atom stereocenters. The van der Waals surface area contributed by atoms with Crippen LogP contribution in [-0.2, 0) is 5.67 Å². The maximum atomic E-state index is 14.7. The highest BCUT2D eigenvalue weighted by molar-refractivity contribution is 6.32. The molecule has 0 amide bonds. The normalized spacial score (nSPS) is 19.2. The smallest absolute Gasteiger partial charge is 0.151 e. The van der Waals surface area contributed by atoms with Crippen molar-refractivity contribution in [1.82, 2.24) is 0 Å². The molecule has 1 fully saturated rings. The first-order valence-corrected chi connectivity index (χ1v) is 5.72. The lowest BCUT2D eigenvalue weighted by molar-refractivity contribution is 0.142. The first-order valence-electron chi connectivity index (χ1n) is 5.35. The molecule has 0 aliphatic heterocycles. The minimum absolute atomic E-state index is 0.00243. The summed E-state index contributed by atoms with van der Waals surface area (Å²) in [6.07, 6.45) is 1.80. The second-order valence-corrected chi connectivity index (χ2v) is 4.60. The van der Waals surface area contributed by atoms with Crippen LogP contribution in [-0.4, -0.2) is 13.7 Å². The van der Waals surface area contributed by atoms with Crippen molar-refractivity contribution < 1.29 is 9.13 Å². The Morgan fingerprint density at radius 3 is 2.75 bits per heavy atom. The highest BCUT2D eigenvalue weighted by Crippen LogP contribution is 2.48. The van der Waals surface area contributed by atoms with Crippen molar-refractivity contribution in [3.63, 3.8) is 0 Å². The zero-order valence-corrected chi connectivity index (χ0v) is 9.93. The van der Waals surface area contributed by atoms with E-state index in [1.165, 1.54) is 7.11 Å². The molecular weight excluding hydrogens is 229 g/mol. The van der Waals surface area contributed by atoms with E-state index in [1.54, 1.807) is 18.2 Å². The largest absolute Gasteiger partial charge is 0.495 e. The van der Waals surface area contributed by atoms with Gasteiger partial charge < -0.3 is 10.5 Å². The van der Waals surface area contributed by atoms with E-state index < -0.39 is 5.67 Å². The monoisotopic (exact) mass is 243 g/mol. The van der Waals surface area contributed by atoms with Gasteiger partial charge in [-0.05, 0) is 36.5 Å². The molecule has 0 radical (unpaired) electrons. The lowest BCUT2D eigenvalue weighted by atomic mass is 9.90. The van der Waals surface area contributed by atoms with Gasteiger partial charge in [-0.1, -0.05) is 17.7 Å². The van der Waals surface area contributed by atoms with Crippen LogP contribution in [0.1, 0.15) is 18.4 Å². The number of benzene rings is 1. The average molecular weight is 244 g/mol. The molecule has 2 nitrogen and oxygen atoms in total. The van der Waals surface area contributed by atoms with E-state index in [0.717, 1.165) is 12.8 Å². The Balaban J connectivity index is 2.38. The molecule has 0 bridgehead atoms. The summed E-state index contributed by atoms with van der Waals surface area (Å²) in [4.78, 5) is 0. The van der Waals surface area contributed by atoms with Crippen LogP contribution in [0.5, 0.6) is 5.75 Å². The fraction of sp³-hybridized carbons (Fsp3) is 0.500. The van der Waals surface area contributed by atoms with E-state index in [9.17, 15) is 4.39 Å². The Hall–Kier alpha value is -0.800. The molecule has 0 heterocycles. The van der Waals surface area contributed by atoms with Crippen LogP contribution in [0.15, 0.2) is 18.2 Å². The van der Waals surface area contributed by atoms with Crippen molar-refractivity contribution in [2.45, 2.75) is 18.5 Å². The summed E-state index contributed by atoms with van der Waals surface area (Å²) in [5.74, 6) is 0.540. The van der Waals surface area contributed by atoms with E-state index in [0.29, 0.717) is 16.3 Å². The number of hydrogen-bond donors (Lipinski definition) is 1. The van der Waals surface area contributed by atoms with Gasteiger partial charge in [-0.3, -0.25) is 0 Å². The lowest BCUT2D eigenvalue weighted by Crippen LogP contribution is -2.32. The Labute approximate surface area is 99.5 Å². The Morgan fingerprint density at radius 2 is 2.25 bits per heavy atom. The predicted molar refractivity (Wildman–Crippen MR) is 62.6 cm³/mol. The number of nitrogens with two attached hydrogens (primary N) is 1. The van der Waals surface area contributed by atoms with Gasteiger partial charge in [-0.25, -0.2) is 4.39 Å². The Morgan fingerprint density at radius 1 is 1.56 bits per heavy atom. The van der Waals surface area contributed by atoms with E-state index in [2.05, 4.69) is 0 Å². The first kappa shape index (κ1) is 11.7. The minimum atomic E-state index is -1.43. The molecule has 1 aliphatic carbocycles. The van der Waals surface area contributed by atoms with Gasteiger partial charge in [0.25, 0.3) is 0 Å². The van der Waals surface area contributed by atoms with Gasteiger partial charge in [0.15, 0.2) is 5.67 Å². The molecule has 2 N–H and O–H groups in total. The summed E-state index contributed by atoms with van der Waals surface area (Å²) in [5.41, 5.74) is 4.70. The van der Waals surface area contributed by atoms with Gasteiger partial charge >= 0.3 is 0 Å². The number of hydrogen-bond acceptors (Lipinski definition) is 2. The molecule has 0 spiro atoms. The topological polar surface area (TPSA) is 35.2 Å². The summed E-state index contributed by atoms with van der Waals surface area (Å²) < 4.78 is 19.7. The minimum Gasteiger partial charge on any atom is -0.495 e. The quantitative estimate of drug-likeness (QED) is 0.883. The molecule has 4 heteroatoms. The zero-order chi connectivity index (χ0) is 11.8. The fourth-order valence-electron chi connectivity index (χ4n) is 1.98. The fourth-order valence-corrected chi connectivity index (χ4v) is 2.17. The molecule has 88 valence electrons. The second kappa shape index (κ2) is 4.22. The SMILES string of the molecule is COc1cc(C(F)(CN)C2CC2)ccc1Cl. The highest BCUT2D eigenvalue weighted by atomic mass is 35.5. The van der Waals surface area contributed by atoms with E-state index in [1.807, 2.05) is 0 Å². The third kappa shape index (κ3) is 1.89. The summed E-state index contributed by atoms with van der Waals surface area (Å²) in [7, 11) is 1.52. The molecule has 0 aromatic heterocycles. The van der Waals surface area contributed by atoms with Crippen molar-refractivity contribution >= 4 is 11.6 Å². The maximum absolute atomic E-state index is 14.7. The van der Waals surface area contributed by atoms with Gasteiger partial charge in [0.1, 0.15) is 5.75 Å². The standard InChI is InChI=1S/C12H15ClFNO/c1-16-11-6-9(4-5-10(11)13)12(14,7-15)8-2-3-8/h4-6,8H,2-3,7,15H2,1H3. The molecule has 2 rings (SSSR count). The number of methoxy groups -OCH3 is 1. The Kier molecular flexibility index (Phi) is 3.08. The third-order valence-electron chi connectivity index (χ3n) is 3.15. The van der Waals surface area contributed by atoms with Crippen LogP contribution in [0.25, 0.3) is 0 Å². The van der Waals surface area contributed by atoms with E-state index >= 15 is 0 Å². The van der Waals surface area contributed by atoms with Crippen molar-refractivity contribution in [2.75, 3.05) is 13.7 Å². The number of alkyl halides is 1. The van der Waals surface area contributed by atoms with Crippen LogP contribution in [0, 0.1) is 5.92 Å². The molecule has 1 aliphatic rings. The lowest BCUT2D eigenvalue weighted by Gasteiger charge is -2.24. The second-order valence-electron chi connectivity index (χ2n) is 4.19. The van der Waals surface area contributed by atoms with Crippen LogP contribution >= 0.6 is 11.6 Å². The molecule has 1 saturated carbocycles. The third-order valence-corrected chi connectivity index (χ3v) is 3.46. The van der Waals surface area contributed by atoms with Gasteiger partial charge in [-0.15, -0.1) is 0 Å². The molecular formula is C12H15ClFNO. The highest BCUT2D eigenvalue weighted by Gasteiger charge is 2.46. The van der Waals surface area contributed by atoms with Crippen molar-refractivity contribution in [3.8, 4) is 5.75 Å². The van der Waals surface area contributed by atoms with Gasteiger partial charge in [0.05, 0.1) is 12.1 Å². The van der Waals surface area contributed by atoms with Crippen molar-refractivity contribution in [3.05, 3.63) is 28.8 Å². The summed E-state index contributed by atoms with van der Waals surface area (Å²) in [5, 5.41) is 0.487. The first-order chi connectivity index (χ1) is 7.61. The summed E-state index contributed by atoms with van der Waals surface area (Å²) in [6.45, 7) is 0.00243. The molecule has 0 saturated heterocycles. The summed E-state index contributed by atoms with van der Waals surface area (Å²) in [6, 6.07) is 4.99. The average Bonchev–Trinajstić information content (AvgIpc) is 3.13. The zero-order valence-electron chi connectivity index (χ0n) is 9.17. The number of ether oxygens (including phenoxy) is 1. The van der Waals surface area contributed by atoms with Gasteiger partial charge in [-0.2, -0.15) is 0 Å².